The first kappa shape index (κ1) is 20.6. The van der Waals surface area contributed by atoms with Gasteiger partial charge in [-0.15, -0.1) is 0 Å². The summed E-state index contributed by atoms with van der Waals surface area (Å²) in [6.45, 7) is 5.60. The molecule has 4 atom stereocenters. The Morgan fingerprint density at radius 1 is 1.13 bits per heavy atom. The Balaban J connectivity index is 1.25. The van der Waals surface area contributed by atoms with Crippen LogP contribution in [0, 0.1) is 18.8 Å². The highest BCUT2D eigenvalue weighted by molar-refractivity contribution is 5.76. The molecule has 3 aliphatic rings. The van der Waals surface area contributed by atoms with E-state index in [1.54, 1.807) is 7.11 Å². The lowest BCUT2D eigenvalue weighted by atomic mass is 9.74. The number of ether oxygens (including phenoxy) is 1. The van der Waals surface area contributed by atoms with Crippen LogP contribution in [0.4, 0.5) is 0 Å². The summed E-state index contributed by atoms with van der Waals surface area (Å²) in [5.41, 5.74) is 2.41. The molecule has 31 heavy (non-hydrogen) atoms. The van der Waals surface area contributed by atoms with Crippen molar-refractivity contribution in [3.05, 3.63) is 47.8 Å². The van der Waals surface area contributed by atoms with Gasteiger partial charge in [-0.3, -0.25) is 14.4 Å². The summed E-state index contributed by atoms with van der Waals surface area (Å²) in [5.74, 6) is 2.40. The fourth-order valence-corrected chi connectivity index (χ4v) is 6.15. The highest BCUT2D eigenvalue weighted by Crippen LogP contribution is 2.44. The molecule has 2 bridgehead atoms. The molecule has 0 unspecified atom stereocenters. The Morgan fingerprint density at radius 2 is 1.97 bits per heavy atom. The lowest BCUT2D eigenvalue weighted by molar-refractivity contribution is -0.139. The van der Waals surface area contributed by atoms with Gasteiger partial charge >= 0.3 is 0 Å². The number of amides is 1. The molecule has 0 spiro atoms. The van der Waals surface area contributed by atoms with Crippen LogP contribution >= 0.6 is 0 Å². The molecule has 6 heteroatoms. The van der Waals surface area contributed by atoms with E-state index >= 15 is 0 Å². The Morgan fingerprint density at radius 3 is 2.71 bits per heavy atom. The van der Waals surface area contributed by atoms with Crippen LogP contribution < -0.4 is 4.74 Å². The molecule has 0 N–H and O–H groups in total. The average Bonchev–Trinajstić information content (AvgIpc) is 3.22. The summed E-state index contributed by atoms with van der Waals surface area (Å²) in [6, 6.07) is 11.7. The zero-order chi connectivity index (χ0) is 21.4. The van der Waals surface area contributed by atoms with E-state index in [0.29, 0.717) is 42.8 Å². The number of fused-ring (bicyclic) bond motifs is 4. The van der Waals surface area contributed by atoms with E-state index in [2.05, 4.69) is 39.2 Å². The van der Waals surface area contributed by atoms with Crippen LogP contribution in [0.5, 0.6) is 5.75 Å². The summed E-state index contributed by atoms with van der Waals surface area (Å²) in [5, 5.41) is 4.42. The molecule has 6 nitrogen and oxygen atoms in total. The summed E-state index contributed by atoms with van der Waals surface area (Å²) in [6.07, 6.45) is 7.55. The van der Waals surface area contributed by atoms with E-state index < -0.39 is 0 Å². The monoisotopic (exact) mass is 422 g/mol. The molecule has 0 saturated carbocycles. The third-order valence-corrected chi connectivity index (χ3v) is 7.57. The number of carbonyl (C=O) groups excluding carboxylic acids is 1. The number of hydrogen-bond acceptors (Lipinski definition) is 4. The summed E-state index contributed by atoms with van der Waals surface area (Å²) in [7, 11) is 1.72. The van der Waals surface area contributed by atoms with E-state index in [-0.39, 0.29) is 0 Å². The second-order valence-electron chi connectivity index (χ2n) is 9.61. The number of aryl methyl sites for hydroxylation is 2. The maximum Gasteiger partial charge on any atom is 0.224 e. The fourth-order valence-electron chi connectivity index (χ4n) is 6.15. The lowest BCUT2D eigenvalue weighted by Gasteiger charge is -2.55. The molecule has 1 amide bonds. The quantitative estimate of drug-likeness (QED) is 0.738. The molecule has 4 heterocycles. The van der Waals surface area contributed by atoms with Crippen molar-refractivity contribution < 1.29 is 9.53 Å². The number of likely N-dealkylation sites (tertiary alicyclic amines) is 1. The van der Waals surface area contributed by atoms with E-state index in [4.69, 9.17) is 4.74 Å². The number of nitrogens with zero attached hydrogens (tertiary/aromatic N) is 4. The molecule has 2 aromatic rings. The highest BCUT2D eigenvalue weighted by Gasteiger charge is 2.45. The number of benzene rings is 1. The van der Waals surface area contributed by atoms with E-state index in [1.165, 1.54) is 31.2 Å². The van der Waals surface area contributed by atoms with Crippen molar-refractivity contribution in [3.63, 3.8) is 0 Å². The Hall–Kier alpha value is -2.34. The van der Waals surface area contributed by atoms with Crippen LogP contribution in [0.3, 0.4) is 0 Å². The van der Waals surface area contributed by atoms with Gasteiger partial charge in [0.05, 0.1) is 12.8 Å². The van der Waals surface area contributed by atoms with Gasteiger partial charge in [-0.2, -0.15) is 5.10 Å². The van der Waals surface area contributed by atoms with Gasteiger partial charge < -0.3 is 9.64 Å². The Labute approximate surface area is 185 Å². The molecule has 3 fully saturated rings. The Kier molecular flexibility index (Phi) is 5.74. The second-order valence-corrected chi connectivity index (χ2v) is 9.61. The average molecular weight is 423 g/mol. The van der Waals surface area contributed by atoms with Crippen molar-refractivity contribution in [2.45, 2.75) is 57.7 Å². The largest absolute Gasteiger partial charge is 0.497 e. The van der Waals surface area contributed by atoms with Crippen molar-refractivity contribution in [1.82, 2.24) is 19.6 Å². The number of hydrogen-bond donors (Lipinski definition) is 0. The van der Waals surface area contributed by atoms with Crippen LogP contribution in [0.1, 0.15) is 49.4 Å². The summed E-state index contributed by atoms with van der Waals surface area (Å²) in [4.78, 5) is 17.9. The molecular weight excluding hydrogens is 388 g/mol. The van der Waals surface area contributed by atoms with Gasteiger partial charge in [-0.1, -0.05) is 12.1 Å². The number of methoxy groups -OCH3 is 1. The van der Waals surface area contributed by atoms with Gasteiger partial charge in [-0.25, -0.2) is 0 Å². The smallest absolute Gasteiger partial charge is 0.224 e. The molecule has 5 rings (SSSR count). The number of aromatic nitrogens is 2. The first-order chi connectivity index (χ1) is 15.1. The minimum Gasteiger partial charge on any atom is -0.497 e. The van der Waals surface area contributed by atoms with Crippen molar-refractivity contribution >= 4 is 5.91 Å². The fraction of sp³-hybridized carbons (Fsp3) is 0.600. The van der Waals surface area contributed by atoms with E-state index in [1.807, 2.05) is 23.9 Å². The number of piperidine rings is 3. The molecule has 166 valence electrons. The molecule has 1 aromatic carbocycles. The van der Waals surface area contributed by atoms with Crippen molar-refractivity contribution in [2.24, 2.45) is 11.8 Å². The van der Waals surface area contributed by atoms with Crippen LogP contribution in [0.25, 0.3) is 0 Å². The first-order valence-electron chi connectivity index (χ1n) is 11.8. The first-order valence-corrected chi connectivity index (χ1v) is 11.8. The standard InChI is InChI=1S/C25H34N4O2/c1-18-10-12-28(26-18)13-11-25(30)27-15-19-14-21(17-27)24-5-3-4-23(29(24)16-19)20-6-8-22(31-2)9-7-20/h6-10,12,19,21,23-24H,3-5,11,13-17H2,1-2H3/t19-,21+,23+,24-/m0/s1. The molecule has 3 aliphatic heterocycles. The maximum atomic E-state index is 13.0. The van der Waals surface area contributed by atoms with E-state index in [9.17, 15) is 4.79 Å². The van der Waals surface area contributed by atoms with Gasteiger partial charge in [0.25, 0.3) is 0 Å². The normalized spacial score (nSPS) is 28.3. The van der Waals surface area contributed by atoms with Crippen LogP contribution in [0.2, 0.25) is 0 Å². The molecule has 1 aromatic heterocycles. The highest BCUT2D eigenvalue weighted by atomic mass is 16.5. The van der Waals surface area contributed by atoms with Gasteiger partial charge in [0.1, 0.15) is 5.75 Å². The van der Waals surface area contributed by atoms with E-state index in [0.717, 1.165) is 31.1 Å². The van der Waals surface area contributed by atoms with Crippen LogP contribution in [-0.4, -0.2) is 58.3 Å². The predicted octanol–water partition coefficient (Wildman–Crippen LogP) is 3.66. The zero-order valence-corrected chi connectivity index (χ0v) is 18.7. The van der Waals surface area contributed by atoms with Gasteiger partial charge in [0.2, 0.25) is 5.91 Å². The minimum atomic E-state index is 0.291. The van der Waals surface area contributed by atoms with Gasteiger partial charge in [-0.05, 0) is 68.2 Å². The van der Waals surface area contributed by atoms with Crippen LogP contribution in [-0.2, 0) is 11.3 Å². The summed E-state index contributed by atoms with van der Waals surface area (Å²) >= 11 is 0. The third-order valence-electron chi connectivity index (χ3n) is 7.57. The van der Waals surface area contributed by atoms with Gasteiger partial charge in [0.15, 0.2) is 0 Å². The Bertz CT molecular complexity index is 909. The minimum absolute atomic E-state index is 0.291. The maximum absolute atomic E-state index is 13.0. The molecular formula is C25H34N4O2. The molecule has 0 aliphatic carbocycles. The molecule has 0 radical (unpaired) electrons. The number of rotatable bonds is 5. The number of carbonyl (C=O) groups is 1. The van der Waals surface area contributed by atoms with Crippen molar-refractivity contribution in [1.29, 1.82) is 0 Å². The van der Waals surface area contributed by atoms with Crippen molar-refractivity contribution in [3.8, 4) is 5.75 Å². The third kappa shape index (κ3) is 4.22. The topological polar surface area (TPSA) is 50.6 Å². The molecule has 3 saturated heterocycles. The predicted molar refractivity (Wildman–Crippen MR) is 120 cm³/mol. The lowest BCUT2D eigenvalue weighted by Crippen LogP contribution is -2.60. The van der Waals surface area contributed by atoms with Crippen LogP contribution in [0.15, 0.2) is 36.5 Å². The second kappa shape index (κ2) is 8.65. The zero-order valence-electron chi connectivity index (χ0n) is 18.7. The SMILES string of the molecule is COc1ccc([C@H]2CCC[C@H]3[C@@H]4C[C@@H](CN(C(=O)CCn5ccc(C)n5)C4)CN23)cc1. The van der Waals surface area contributed by atoms with Crippen molar-refractivity contribution in [2.75, 3.05) is 26.7 Å². The van der Waals surface area contributed by atoms with Gasteiger partial charge in [0, 0.05) is 50.9 Å². The summed E-state index contributed by atoms with van der Waals surface area (Å²) < 4.78 is 7.24.